The Bertz CT molecular complexity index is 441. The molecule has 1 aliphatic carbocycles. The van der Waals surface area contributed by atoms with Crippen molar-refractivity contribution >= 4 is 17.4 Å². The number of nitrogens with two attached hydrogens (primary N) is 1. The van der Waals surface area contributed by atoms with Gasteiger partial charge in [0.05, 0.1) is 11.4 Å². The van der Waals surface area contributed by atoms with Gasteiger partial charge in [-0.05, 0) is 31.4 Å². The van der Waals surface area contributed by atoms with Gasteiger partial charge in [0.15, 0.2) is 0 Å². The first-order chi connectivity index (χ1) is 9.72. The molecule has 2 amide bonds. The zero-order valence-corrected chi connectivity index (χ0v) is 12.3. The van der Waals surface area contributed by atoms with E-state index >= 15 is 0 Å². The maximum atomic E-state index is 12.5. The lowest BCUT2D eigenvalue weighted by atomic mass is 9.96. The lowest BCUT2D eigenvalue weighted by molar-refractivity contribution is 0.238. The molecule has 1 aliphatic rings. The molecular weight excluding hydrogens is 250 g/mol. The van der Waals surface area contributed by atoms with Gasteiger partial charge in [0.25, 0.3) is 0 Å². The Balaban J connectivity index is 2.07. The van der Waals surface area contributed by atoms with Crippen LogP contribution in [0.4, 0.5) is 16.2 Å². The van der Waals surface area contributed by atoms with Crippen molar-refractivity contribution in [3.05, 3.63) is 24.3 Å². The summed E-state index contributed by atoms with van der Waals surface area (Å²) in [6.07, 6.45) is 6.81. The van der Waals surface area contributed by atoms with E-state index in [0.29, 0.717) is 18.3 Å². The van der Waals surface area contributed by atoms with Crippen LogP contribution in [0.1, 0.15) is 45.4 Å². The summed E-state index contributed by atoms with van der Waals surface area (Å²) < 4.78 is 0. The fourth-order valence-corrected chi connectivity index (χ4v) is 2.79. The highest BCUT2D eigenvalue weighted by molar-refractivity contribution is 5.95. The Kier molecular flexibility index (Phi) is 5.27. The predicted octanol–water partition coefficient (Wildman–Crippen LogP) is 3.53. The molecule has 4 nitrogen and oxygen atoms in total. The molecule has 0 spiro atoms. The third kappa shape index (κ3) is 3.65. The molecule has 0 aliphatic heterocycles. The number of hydrogen-bond donors (Lipinski definition) is 2. The predicted molar refractivity (Wildman–Crippen MR) is 83.9 cm³/mol. The van der Waals surface area contributed by atoms with Gasteiger partial charge in [-0.3, -0.25) is 4.90 Å². The van der Waals surface area contributed by atoms with Gasteiger partial charge in [-0.2, -0.15) is 0 Å². The molecule has 0 bridgehead atoms. The van der Waals surface area contributed by atoms with Crippen LogP contribution < -0.4 is 16.0 Å². The van der Waals surface area contributed by atoms with Gasteiger partial charge in [0, 0.05) is 12.6 Å². The molecule has 110 valence electrons. The van der Waals surface area contributed by atoms with Gasteiger partial charge >= 0.3 is 6.03 Å². The number of rotatable bonds is 4. The summed E-state index contributed by atoms with van der Waals surface area (Å²) in [5.74, 6) is 0. The SMILES string of the molecule is CCCN(C(=O)NC1CCCCC1)c1ccccc1N. The summed E-state index contributed by atoms with van der Waals surface area (Å²) >= 11 is 0. The molecule has 0 heterocycles. The Morgan fingerprint density at radius 1 is 1.30 bits per heavy atom. The molecule has 0 radical (unpaired) electrons. The second-order valence-electron chi connectivity index (χ2n) is 5.49. The average Bonchev–Trinajstić information content (AvgIpc) is 2.47. The number of nitrogen functional groups attached to an aromatic ring is 1. The number of urea groups is 1. The van der Waals surface area contributed by atoms with Crippen molar-refractivity contribution in [3.63, 3.8) is 0 Å². The van der Waals surface area contributed by atoms with Crippen molar-refractivity contribution in [2.75, 3.05) is 17.2 Å². The second kappa shape index (κ2) is 7.17. The van der Waals surface area contributed by atoms with Gasteiger partial charge in [0.2, 0.25) is 0 Å². The first kappa shape index (κ1) is 14.7. The van der Waals surface area contributed by atoms with E-state index in [9.17, 15) is 4.79 Å². The number of carbonyl (C=O) groups excluding carboxylic acids is 1. The molecule has 1 fully saturated rings. The van der Waals surface area contributed by atoms with Gasteiger partial charge in [0.1, 0.15) is 0 Å². The number of para-hydroxylation sites is 2. The summed E-state index contributed by atoms with van der Waals surface area (Å²) in [5.41, 5.74) is 7.46. The number of nitrogens with one attached hydrogen (secondary N) is 1. The minimum atomic E-state index is -0.0170. The quantitative estimate of drug-likeness (QED) is 0.826. The van der Waals surface area contributed by atoms with Gasteiger partial charge in [-0.1, -0.05) is 38.3 Å². The minimum absolute atomic E-state index is 0.0170. The molecular formula is C16H25N3O. The first-order valence-electron chi connectivity index (χ1n) is 7.65. The number of nitrogens with zero attached hydrogens (tertiary/aromatic N) is 1. The lowest BCUT2D eigenvalue weighted by Crippen LogP contribution is -2.46. The summed E-state index contributed by atoms with van der Waals surface area (Å²) in [5, 5.41) is 3.16. The third-order valence-electron chi connectivity index (χ3n) is 3.85. The highest BCUT2D eigenvalue weighted by Crippen LogP contribution is 2.24. The van der Waals surface area contributed by atoms with Crippen molar-refractivity contribution in [3.8, 4) is 0 Å². The van der Waals surface area contributed by atoms with Crippen LogP contribution in [-0.2, 0) is 0 Å². The van der Waals surface area contributed by atoms with Crippen LogP contribution in [0, 0.1) is 0 Å². The maximum Gasteiger partial charge on any atom is 0.322 e. The second-order valence-corrected chi connectivity index (χ2v) is 5.49. The van der Waals surface area contributed by atoms with Crippen LogP contribution >= 0.6 is 0 Å². The van der Waals surface area contributed by atoms with Crippen molar-refractivity contribution in [2.45, 2.75) is 51.5 Å². The van der Waals surface area contributed by atoms with Crippen LogP contribution in [0.15, 0.2) is 24.3 Å². The number of benzene rings is 1. The average molecular weight is 275 g/mol. The topological polar surface area (TPSA) is 58.4 Å². The van der Waals surface area contributed by atoms with Gasteiger partial charge in [-0.25, -0.2) is 4.79 Å². The van der Waals surface area contributed by atoms with Crippen LogP contribution in [-0.4, -0.2) is 18.6 Å². The standard InChI is InChI=1S/C16H25N3O/c1-2-12-19(15-11-7-6-10-14(15)17)16(20)18-13-8-4-3-5-9-13/h6-7,10-11,13H,2-5,8-9,12,17H2,1H3,(H,18,20). The summed E-state index contributed by atoms with van der Waals surface area (Å²) in [6, 6.07) is 7.86. The van der Waals surface area contributed by atoms with Crippen LogP contribution in [0.25, 0.3) is 0 Å². The monoisotopic (exact) mass is 275 g/mol. The smallest absolute Gasteiger partial charge is 0.322 e. The number of carbonyl (C=O) groups is 1. The van der Waals surface area contributed by atoms with E-state index in [4.69, 9.17) is 5.73 Å². The minimum Gasteiger partial charge on any atom is -0.397 e. The highest BCUT2D eigenvalue weighted by atomic mass is 16.2. The Morgan fingerprint density at radius 3 is 2.65 bits per heavy atom. The molecule has 3 N–H and O–H groups in total. The number of hydrogen-bond acceptors (Lipinski definition) is 2. The Hall–Kier alpha value is -1.71. The molecule has 20 heavy (non-hydrogen) atoms. The van der Waals surface area contributed by atoms with E-state index in [1.807, 2.05) is 24.3 Å². The zero-order chi connectivity index (χ0) is 14.4. The maximum absolute atomic E-state index is 12.5. The Labute approximate surface area is 121 Å². The fraction of sp³-hybridized carbons (Fsp3) is 0.562. The van der Waals surface area contributed by atoms with Gasteiger partial charge < -0.3 is 11.1 Å². The van der Waals surface area contributed by atoms with Crippen LogP contribution in [0.3, 0.4) is 0 Å². The molecule has 1 aromatic carbocycles. The van der Waals surface area contributed by atoms with E-state index in [1.54, 1.807) is 4.90 Å². The molecule has 4 heteroatoms. The largest absolute Gasteiger partial charge is 0.397 e. The van der Waals surface area contributed by atoms with Gasteiger partial charge in [-0.15, -0.1) is 0 Å². The molecule has 1 saturated carbocycles. The third-order valence-corrected chi connectivity index (χ3v) is 3.85. The summed E-state index contributed by atoms with van der Waals surface area (Å²) in [4.78, 5) is 14.3. The summed E-state index contributed by atoms with van der Waals surface area (Å²) in [6.45, 7) is 2.76. The van der Waals surface area contributed by atoms with E-state index in [0.717, 1.165) is 24.9 Å². The fourth-order valence-electron chi connectivity index (χ4n) is 2.79. The van der Waals surface area contributed by atoms with Crippen molar-refractivity contribution in [1.82, 2.24) is 5.32 Å². The van der Waals surface area contributed by atoms with E-state index < -0.39 is 0 Å². The molecule has 0 unspecified atom stereocenters. The van der Waals surface area contributed by atoms with E-state index in [-0.39, 0.29) is 6.03 Å². The van der Waals surface area contributed by atoms with Crippen molar-refractivity contribution < 1.29 is 4.79 Å². The highest BCUT2D eigenvalue weighted by Gasteiger charge is 2.21. The van der Waals surface area contributed by atoms with Crippen molar-refractivity contribution in [2.24, 2.45) is 0 Å². The van der Waals surface area contributed by atoms with Crippen LogP contribution in [0.2, 0.25) is 0 Å². The molecule has 2 rings (SSSR count). The molecule has 0 aromatic heterocycles. The molecule has 1 aromatic rings. The number of amides is 2. The first-order valence-corrected chi connectivity index (χ1v) is 7.65. The van der Waals surface area contributed by atoms with Crippen LogP contribution in [0.5, 0.6) is 0 Å². The molecule has 0 atom stereocenters. The molecule has 0 saturated heterocycles. The van der Waals surface area contributed by atoms with E-state index in [2.05, 4.69) is 12.2 Å². The zero-order valence-electron chi connectivity index (χ0n) is 12.3. The number of anilines is 2. The normalized spacial score (nSPS) is 15.8. The lowest BCUT2D eigenvalue weighted by Gasteiger charge is -2.29. The Morgan fingerprint density at radius 2 is 2.00 bits per heavy atom. The van der Waals surface area contributed by atoms with Crippen molar-refractivity contribution in [1.29, 1.82) is 0 Å². The summed E-state index contributed by atoms with van der Waals surface area (Å²) in [7, 11) is 0. The van der Waals surface area contributed by atoms with E-state index in [1.165, 1.54) is 19.3 Å².